The summed E-state index contributed by atoms with van der Waals surface area (Å²) in [4.78, 5) is 12.1. The molecule has 0 N–H and O–H groups in total. The van der Waals surface area contributed by atoms with Gasteiger partial charge in [-0.25, -0.2) is 9.36 Å². The van der Waals surface area contributed by atoms with E-state index in [0.29, 0.717) is 11.3 Å². The highest BCUT2D eigenvalue weighted by Gasteiger charge is 2.15. The summed E-state index contributed by atoms with van der Waals surface area (Å²) in [6.45, 7) is 0. The topological polar surface area (TPSA) is 51.9 Å². The SMILES string of the molecule is C[n+]1cnn(-c2cc3c(ccc4ccccc43)oc2=O)c1. The molecular weight excluding hydrogens is 266 g/mol. The molecule has 0 unspecified atom stereocenters. The summed E-state index contributed by atoms with van der Waals surface area (Å²) in [7, 11) is 1.85. The molecule has 5 heteroatoms. The van der Waals surface area contributed by atoms with Crippen LogP contribution in [0.4, 0.5) is 0 Å². The van der Waals surface area contributed by atoms with Crippen LogP contribution in [-0.4, -0.2) is 9.78 Å². The highest BCUT2D eigenvalue weighted by atomic mass is 16.4. The molecule has 0 radical (unpaired) electrons. The maximum Gasteiger partial charge on any atom is 0.379 e. The van der Waals surface area contributed by atoms with E-state index < -0.39 is 5.63 Å². The zero-order chi connectivity index (χ0) is 14.4. The summed E-state index contributed by atoms with van der Waals surface area (Å²) in [5, 5.41) is 7.22. The Morgan fingerprint density at radius 1 is 1.14 bits per heavy atom. The van der Waals surface area contributed by atoms with Crippen molar-refractivity contribution in [3.63, 3.8) is 0 Å². The van der Waals surface area contributed by atoms with Crippen molar-refractivity contribution in [2.45, 2.75) is 0 Å². The third-order valence-corrected chi connectivity index (χ3v) is 3.52. The third-order valence-electron chi connectivity index (χ3n) is 3.52. The second kappa shape index (κ2) is 4.28. The van der Waals surface area contributed by atoms with E-state index in [1.165, 1.54) is 4.68 Å². The lowest BCUT2D eigenvalue weighted by Gasteiger charge is -2.03. The van der Waals surface area contributed by atoms with Crippen LogP contribution < -0.4 is 10.2 Å². The van der Waals surface area contributed by atoms with E-state index >= 15 is 0 Å². The van der Waals surface area contributed by atoms with Crippen molar-refractivity contribution in [2.75, 3.05) is 0 Å². The van der Waals surface area contributed by atoms with Crippen molar-refractivity contribution < 1.29 is 8.98 Å². The molecule has 102 valence electrons. The molecule has 21 heavy (non-hydrogen) atoms. The van der Waals surface area contributed by atoms with Crippen LogP contribution in [-0.2, 0) is 7.05 Å². The normalized spacial score (nSPS) is 11.3. The van der Waals surface area contributed by atoms with Crippen LogP contribution in [0.25, 0.3) is 27.4 Å². The van der Waals surface area contributed by atoms with Gasteiger partial charge >= 0.3 is 5.63 Å². The predicted molar refractivity (Wildman–Crippen MR) is 78.3 cm³/mol. The molecule has 0 fully saturated rings. The molecule has 0 saturated carbocycles. The lowest BCUT2D eigenvalue weighted by atomic mass is 10.1. The fraction of sp³-hybridized carbons (Fsp3) is 0.0625. The van der Waals surface area contributed by atoms with Gasteiger partial charge in [0.15, 0.2) is 0 Å². The van der Waals surface area contributed by atoms with Gasteiger partial charge in [0.05, 0.1) is 7.05 Å². The Morgan fingerprint density at radius 3 is 2.81 bits per heavy atom. The molecule has 0 aliphatic carbocycles. The number of nitrogens with zero attached hydrogens (tertiary/aromatic N) is 3. The maximum atomic E-state index is 12.1. The molecule has 0 spiro atoms. The molecule has 0 aliphatic rings. The first-order valence-electron chi connectivity index (χ1n) is 6.58. The number of hydrogen-bond donors (Lipinski definition) is 0. The molecule has 5 nitrogen and oxygen atoms in total. The average Bonchev–Trinajstić information content (AvgIpc) is 2.92. The summed E-state index contributed by atoms with van der Waals surface area (Å²) in [5.74, 6) is 0. The van der Waals surface area contributed by atoms with Crippen LogP contribution in [0.1, 0.15) is 0 Å². The van der Waals surface area contributed by atoms with E-state index in [-0.39, 0.29) is 0 Å². The Hall–Kier alpha value is -2.95. The van der Waals surface area contributed by atoms with Crippen molar-refractivity contribution in [1.29, 1.82) is 0 Å². The molecule has 0 aliphatic heterocycles. The molecule has 0 bridgehead atoms. The molecule has 0 amide bonds. The average molecular weight is 278 g/mol. The first-order chi connectivity index (χ1) is 10.2. The van der Waals surface area contributed by atoms with Gasteiger partial charge in [0, 0.05) is 10.5 Å². The number of fused-ring (bicyclic) bond motifs is 3. The van der Waals surface area contributed by atoms with Gasteiger partial charge in [-0.1, -0.05) is 35.0 Å². The van der Waals surface area contributed by atoms with Gasteiger partial charge in [-0.15, -0.1) is 0 Å². The van der Waals surface area contributed by atoms with Crippen molar-refractivity contribution >= 4 is 21.7 Å². The minimum Gasteiger partial charge on any atom is -0.420 e. The molecule has 2 aromatic carbocycles. The van der Waals surface area contributed by atoms with E-state index in [1.807, 2.05) is 49.5 Å². The minimum atomic E-state index is -0.401. The van der Waals surface area contributed by atoms with E-state index in [0.717, 1.165) is 16.2 Å². The third kappa shape index (κ3) is 1.82. The zero-order valence-corrected chi connectivity index (χ0v) is 11.4. The Labute approximate surface area is 119 Å². The van der Waals surface area contributed by atoms with Crippen LogP contribution in [0.5, 0.6) is 0 Å². The Kier molecular flexibility index (Phi) is 2.41. The van der Waals surface area contributed by atoms with Gasteiger partial charge in [-0.2, -0.15) is 0 Å². The van der Waals surface area contributed by atoms with Gasteiger partial charge in [0.1, 0.15) is 5.58 Å². The smallest absolute Gasteiger partial charge is 0.379 e. The van der Waals surface area contributed by atoms with Gasteiger partial charge in [-0.05, 0) is 22.9 Å². The van der Waals surface area contributed by atoms with Crippen molar-refractivity contribution in [3.8, 4) is 5.69 Å². The van der Waals surface area contributed by atoms with Crippen LogP contribution in [0, 0.1) is 0 Å². The first kappa shape index (κ1) is 11.8. The molecule has 0 atom stereocenters. The minimum absolute atomic E-state index is 0.401. The monoisotopic (exact) mass is 278 g/mol. The van der Waals surface area contributed by atoms with Crippen molar-refractivity contribution in [1.82, 2.24) is 9.78 Å². The van der Waals surface area contributed by atoms with E-state index in [1.54, 1.807) is 17.2 Å². The van der Waals surface area contributed by atoms with Gasteiger partial charge < -0.3 is 4.42 Å². The number of aromatic nitrogens is 3. The molecule has 2 heterocycles. The Bertz CT molecular complexity index is 1030. The zero-order valence-electron chi connectivity index (χ0n) is 11.4. The summed E-state index contributed by atoms with van der Waals surface area (Å²) in [5.41, 5.74) is 0.583. The summed E-state index contributed by atoms with van der Waals surface area (Å²) in [6, 6.07) is 13.6. The number of rotatable bonds is 1. The molecule has 4 rings (SSSR count). The highest BCUT2D eigenvalue weighted by molar-refractivity contribution is 6.05. The van der Waals surface area contributed by atoms with Gasteiger partial charge in [-0.3, -0.25) is 0 Å². The molecular formula is C16H12N3O2+. The van der Waals surface area contributed by atoms with Crippen molar-refractivity contribution in [3.05, 3.63) is 65.5 Å². The second-order valence-corrected chi connectivity index (χ2v) is 4.97. The predicted octanol–water partition coefficient (Wildman–Crippen LogP) is 1.96. The number of benzene rings is 2. The lowest BCUT2D eigenvalue weighted by molar-refractivity contribution is -0.672. The Morgan fingerprint density at radius 2 is 2.00 bits per heavy atom. The summed E-state index contributed by atoms with van der Waals surface area (Å²) < 4.78 is 8.73. The van der Waals surface area contributed by atoms with Crippen LogP contribution >= 0.6 is 0 Å². The quantitative estimate of drug-likeness (QED) is 0.304. The van der Waals surface area contributed by atoms with E-state index in [9.17, 15) is 4.79 Å². The fourth-order valence-electron chi connectivity index (χ4n) is 2.51. The second-order valence-electron chi connectivity index (χ2n) is 4.97. The summed E-state index contributed by atoms with van der Waals surface area (Å²) >= 11 is 0. The lowest BCUT2D eigenvalue weighted by Crippen LogP contribution is -2.24. The standard InChI is InChI=1S/C16H12N3O2/c1-18-9-17-19(10-18)14-8-13-12-5-3-2-4-11(12)6-7-15(13)21-16(14)20/h2-10H,1H3/q+1. The largest absolute Gasteiger partial charge is 0.420 e. The maximum absolute atomic E-state index is 12.1. The fourth-order valence-corrected chi connectivity index (χ4v) is 2.51. The molecule has 0 saturated heterocycles. The first-order valence-corrected chi connectivity index (χ1v) is 6.58. The van der Waals surface area contributed by atoms with Crippen LogP contribution in [0.2, 0.25) is 0 Å². The van der Waals surface area contributed by atoms with Crippen LogP contribution in [0.3, 0.4) is 0 Å². The molecule has 4 aromatic rings. The van der Waals surface area contributed by atoms with E-state index in [2.05, 4.69) is 5.10 Å². The number of hydrogen-bond acceptors (Lipinski definition) is 3. The van der Waals surface area contributed by atoms with Gasteiger partial charge in [0.25, 0.3) is 6.33 Å². The van der Waals surface area contributed by atoms with E-state index in [4.69, 9.17) is 4.42 Å². The number of aryl methyl sites for hydroxylation is 1. The molecule has 2 aromatic heterocycles. The van der Waals surface area contributed by atoms with Crippen LogP contribution in [0.15, 0.2) is 64.3 Å². The van der Waals surface area contributed by atoms with Gasteiger partial charge in [0.2, 0.25) is 12.0 Å². The van der Waals surface area contributed by atoms with Crippen molar-refractivity contribution in [2.24, 2.45) is 7.05 Å². The highest BCUT2D eigenvalue weighted by Crippen LogP contribution is 2.25. The summed E-state index contributed by atoms with van der Waals surface area (Å²) in [6.07, 6.45) is 3.36. The Balaban J connectivity index is 2.11.